The Morgan fingerprint density at radius 3 is 2.94 bits per heavy atom. The number of aryl methyl sites for hydroxylation is 1. The van der Waals surface area contributed by atoms with E-state index in [1.165, 1.54) is 11.1 Å². The number of para-hydroxylation sites is 1. The van der Waals surface area contributed by atoms with Gasteiger partial charge in [0.05, 0.1) is 6.04 Å². The number of ether oxygens (including phenoxy) is 1. The van der Waals surface area contributed by atoms with Crippen LogP contribution in [0, 0.1) is 6.92 Å². The number of rotatable bonds is 2. The summed E-state index contributed by atoms with van der Waals surface area (Å²) < 4.78 is 5.66. The van der Waals surface area contributed by atoms with E-state index in [0.717, 1.165) is 17.1 Å². The highest BCUT2D eigenvalue weighted by Gasteiger charge is 2.23. The molecule has 0 saturated heterocycles. The van der Waals surface area contributed by atoms with Gasteiger partial charge in [-0.05, 0) is 30.7 Å². The summed E-state index contributed by atoms with van der Waals surface area (Å²) in [6.45, 7) is 2.73. The van der Waals surface area contributed by atoms with Crippen molar-refractivity contribution in [1.29, 1.82) is 0 Å². The summed E-state index contributed by atoms with van der Waals surface area (Å²) >= 11 is 0. The Labute approximate surface area is 107 Å². The molecule has 2 aromatic rings. The molecular formula is C15H16N2O. The molecule has 18 heavy (non-hydrogen) atoms. The van der Waals surface area contributed by atoms with Gasteiger partial charge < -0.3 is 15.8 Å². The first-order valence-electron chi connectivity index (χ1n) is 6.08. The van der Waals surface area contributed by atoms with Crippen LogP contribution in [-0.2, 0) is 0 Å². The molecule has 3 heteroatoms. The van der Waals surface area contributed by atoms with E-state index in [4.69, 9.17) is 10.5 Å². The molecule has 0 amide bonds. The summed E-state index contributed by atoms with van der Waals surface area (Å²) in [5.41, 5.74) is 10.1. The Morgan fingerprint density at radius 1 is 1.22 bits per heavy atom. The van der Waals surface area contributed by atoms with Crippen molar-refractivity contribution in [3.63, 3.8) is 0 Å². The predicted octanol–water partition coefficient (Wildman–Crippen LogP) is 3.12. The molecule has 0 aliphatic carbocycles. The van der Waals surface area contributed by atoms with Gasteiger partial charge in [0.15, 0.2) is 0 Å². The van der Waals surface area contributed by atoms with E-state index in [0.29, 0.717) is 6.61 Å². The van der Waals surface area contributed by atoms with Crippen molar-refractivity contribution < 1.29 is 4.74 Å². The standard InChI is InChI=1S/C15H16N2O/c1-10-6-7-11(16)8-13(10)17-14-9-18-15-5-3-2-4-12(14)15/h2-8,14,17H,9,16H2,1H3. The number of anilines is 2. The molecule has 1 aliphatic heterocycles. The molecule has 3 N–H and O–H groups in total. The van der Waals surface area contributed by atoms with Gasteiger partial charge >= 0.3 is 0 Å². The number of hydrogen-bond acceptors (Lipinski definition) is 3. The molecular weight excluding hydrogens is 224 g/mol. The molecule has 1 atom stereocenters. The Morgan fingerprint density at radius 2 is 2.06 bits per heavy atom. The first kappa shape index (κ1) is 11.0. The molecule has 0 spiro atoms. The van der Waals surface area contributed by atoms with Crippen LogP contribution in [0.5, 0.6) is 5.75 Å². The fraction of sp³-hybridized carbons (Fsp3) is 0.200. The lowest BCUT2D eigenvalue weighted by molar-refractivity contribution is 0.340. The van der Waals surface area contributed by atoms with Crippen LogP contribution in [-0.4, -0.2) is 6.61 Å². The third-order valence-corrected chi connectivity index (χ3v) is 3.29. The van der Waals surface area contributed by atoms with Gasteiger partial charge in [0.1, 0.15) is 12.4 Å². The molecule has 2 aromatic carbocycles. The second-order valence-corrected chi connectivity index (χ2v) is 4.62. The topological polar surface area (TPSA) is 47.3 Å². The smallest absolute Gasteiger partial charge is 0.124 e. The summed E-state index contributed by atoms with van der Waals surface area (Å²) in [6.07, 6.45) is 0. The molecule has 3 rings (SSSR count). The van der Waals surface area contributed by atoms with Crippen LogP contribution in [0.1, 0.15) is 17.2 Å². The Kier molecular flexibility index (Phi) is 2.59. The van der Waals surface area contributed by atoms with Gasteiger partial charge in [-0.15, -0.1) is 0 Å². The van der Waals surface area contributed by atoms with Gasteiger partial charge in [-0.25, -0.2) is 0 Å². The number of nitrogens with one attached hydrogen (secondary N) is 1. The van der Waals surface area contributed by atoms with Gasteiger partial charge in [-0.2, -0.15) is 0 Å². The third-order valence-electron chi connectivity index (χ3n) is 3.29. The molecule has 0 radical (unpaired) electrons. The zero-order chi connectivity index (χ0) is 12.5. The highest BCUT2D eigenvalue weighted by molar-refractivity contribution is 5.61. The lowest BCUT2D eigenvalue weighted by Crippen LogP contribution is -2.12. The first-order valence-corrected chi connectivity index (χ1v) is 6.08. The Hall–Kier alpha value is -2.16. The molecule has 0 saturated carbocycles. The molecule has 0 fully saturated rings. The lowest BCUT2D eigenvalue weighted by Gasteiger charge is -2.15. The number of hydrogen-bond donors (Lipinski definition) is 2. The fourth-order valence-electron chi connectivity index (χ4n) is 2.26. The van der Waals surface area contributed by atoms with Crippen LogP contribution >= 0.6 is 0 Å². The monoisotopic (exact) mass is 240 g/mol. The van der Waals surface area contributed by atoms with Crippen molar-refractivity contribution >= 4 is 11.4 Å². The maximum absolute atomic E-state index is 5.83. The zero-order valence-electron chi connectivity index (χ0n) is 10.3. The zero-order valence-corrected chi connectivity index (χ0v) is 10.3. The molecule has 3 nitrogen and oxygen atoms in total. The molecule has 1 unspecified atom stereocenters. The van der Waals surface area contributed by atoms with E-state index in [-0.39, 0.29) is 6.04 Å². The summed E-state index contributed by atoms with van der Waals surface area (Å²) in [4.78, 5) is 0. The van der Waals surface area contributed by atoms with E-state index in [2.05, 4.69) is 18.3 Å². The molecule has 1 heterocycles. The summed E-state index contributed by atoms with van der Waals surface area (Å²) in [7, 11) is 0. The van der Waals surface area contributed by atoms with Gasteiger partial charge in [0, 0.05) is 16.9 Å². The van der Waals surface area contributed by atoms with Crippen molar-refractivity contribution in [3.05, 3.63) is 53.6 Å². The van der Waals surface area contributed by atoms with Crippen LogP contribution in [0.4, 0.5) is 11.4 Å². The number of nitrogen functional groups attached to an aromatic ring is 1. The largest absolute Gasteiger partial charge is 0.491 e. The van der Waals surface area contributed by atoms with Crippen molar-refractivity contribution in [2.75, 3.05) is 17.7 Å². The van der Waals surface area contributed by atoms with Gasteiger partial charge in [0.25, 0.3) is 0 Å². The van der Waals surface area contributed by atoms with Crippen molar-refractivity contribution in [2.45, 2.75) is 13.0 Å². The minimum absolute atomic E-state index is 0.196. The second-order valence-electron chi connectivity index (χ2n) is 4.62. The Bertz CT molecular complexity index is 580. The number of benzene rings is 2. The molecule has 92 valence electrons. The minimum atomic E-state index is 0.196. The van der Waals surface area contributed by atoms with Gasteiger partial charge in [-0.3, -0.25) is 0 Å². The lowest BCUT2D eigenvalue weighted by atomic mass is 10.1. The van der Waals surface area contributed by atoms with Gasteiger partial charge in [-0.1, -0.05) is 24.3 Å². The van der Waals surface area contributed by atoms with Crippen molar-refractivity contribution in [2.24, 2.45) is 0 Å². The SMILES string of the molecule is Cc1ccc(N)cc1NC1COc2ccccc21. The van der Waals surface area contributed by atoms with Crippen LogP contribution in [0.15, 0.2) is 42.5 Å². The van der Waals surface area contributed by atoms with E-state index < -0.39 is 0 Å². The van der Waals surface area contributed by atoms with E-state index >= 15 is 0 Å². The highest BCUT2D eigenvalue weighted by Crippen LogP contribution is 2.34. The highest BCUT2D eigenvalue weighted by atomic mass is 16.5. The normalized spacial score (nSPS) is 17.1. The van der Waals surface area contributed by atoms with Crippen LogP contribution in [0.3, 0.4) is 0 Å². The van der Waals surface area contributed by atoms with E-state index in [1.54, 1.807) is 0 Å². The van der Waals surface area contributed by atoms with Crippen LogP contribution < -0.4 is 15.8 Å². The summed E-state index contributed by atoms with van der Waals surface area (Å²) in [5, 5.41) is 3.50. The minimum Gasteiger partial charge on any atom is -0.491 e. The number of fused-ring (bicyclic) bond motifs is 1. The quantitative estimate of drug-likeness (QED) is 0.793. The van der Waals surface area contributed by atoms with Crippen molar-refractivity contribution in [3.8, 4) is 5.75 Å². The first-order chi connectivity index (χ1) is 8.74. The maximum Gasteiger partial charge on any atom is 0.124 e. The summed E-state index contributed by atoms with van der Waals surface area (Å²) in [5.74, 6) is 0.969. The fourth-order valence-corrected chi connectivity index (χ4v) is 2.26. The van der Waals surface area contributed by atoms with Crippen LogP contribution in [0.2, 0.25) is 0 Å². The molecule has 0 bridgehead atoms. The second kappa shape index (κ2) is 4.26. The predicted molar refractivity (Wildman–Crippen MR) is 73.9 cm³/mol. The van der Waals surface area contributed by atoms with E-state index in [9.17, 15) is 0 Å². The maximum atomic E-state index is 5.83. The van der Waals surface area contributed by atoms with Gasteiger partial charge in [0.2, 0.25) is 0 Å². The number of nitrogens with two attached hydrogens (primary N) is 1. The average Bonchev–Trinajstić information content (AvgIpc) is 2.78. The van der Waals surface area contributed by atoms with Crippen molar-refractivity contribution in [1.82, 2.24) is 0 Å². The van der Waals surface area contributed by atoms with Crippen LogP contribution in [0.25, 0.3) is 0 Å². The molecule has 1 aliphatic rings. The molecule has 0 aromatic heterocycles. The van der Waals surface area contributed by atoms with E-state index in [1.807, 2.05) is 36.4 Å². The average molecular weight is 240 g/mol. The summed E-state index contributed by atoms with van der Waals surface area (Å²) in [6, 6.07) is 14.2. The third kappa shape index (κ3) is 1.88. The Balaban J connectivity index is 1.88.